The van der Waals surface area contributed by atoms with E-state index >= 15 is 0 Å². The van der Waals surface area contributed by atoms with Gasteiger partial charge in [0.15, 0.2) is 4.84 Å². The summed E-state index contributed by atoms with van der Waals surface area (Å²) in [6.07, 6.45) is 0. The second-order valence-corrected chi connectivity index (χ2v) is 4.45. The molecule has 0 unspecified atom stereocenters. The smallest absolute Gasteiger partial charge is 0.253 e. The Morgan fingerprint density at radius 1 is 1.11 bits per heavy atom. The van der Waals surface area contributed by atoms with Crippen LogP contribution in [-0.2, 0) is 4.79 Å². The number of benzene rings is 1. The van der Waals surface area contributed by atoms with Crippen molar-refractivity contribution in [2.75, 3.05) is 13.1 Å². The van der Waals surface area contributed by atoms with Gasteiger partial charge in [-0.2, -0.15) is 0 Å². The first kappa shape index (κ1) is 14.7. The number of carbonyl (C=O) groups excluding carboxylic acids is 2. The topological polar surface area (TPSA) is 58.2 Å². The largest absolute Gasteiger partial charge is 0.352 e. The zero-order valence-corrected chi connectivity index (χ0v) is 10.8. The number of amides is 2. The minimum atomic E-state index is -1.13. The maximum atomic E-state index is 12.6. The highest BCUT2D eigenvalue weighted by Crippen LogP contribution is 2.02. The van der Waals surface area contributed by atoms with Gasteiger partial charge in [-0.3, -0.25) is 9.59 Å². The molecule has 4 nitrogen and oxygen atoms in total. The molecule has 0 saturated heterocycles. The van der Waals surface area contributed by atoms with E-state index in [1.165, 1.54) is 24.3 Å². The molecule has 18 heavy (non-hydrogen) atoms. The zero-order valence-electron chi connectivity index (χ0n) is 9.25. The SMILES string of the molecule is O=C(NCCNC(=O)C(Cl)Cl)c1ccc(F)cc1. The molecule has 0 aliphatic carbocycles. The summed E-state index contributed by atoms with van der Waals surface area (Å²) in [6.45, 7) is 0.435. The van der Waals surface area contributed by atoms with Crippen LogP contribution in [0.4, 0.5) is 4.39 Å². The lowest BCUT2D eigenvalue weighted by Crippen LogP contribution is -2.36. The van der Waals surface area contributed by atoms with Gasteiger partial charge in [-0.05, 0) is 24.3 Å². The maximum Gasteiger partial charge on any atom is 0.253 e. The molecule has 0 fully saturated rings. The predicted octanol–water partition coefficient (Wildman–Crippen LogP) is 1.48. The van der Waals surface area contributed by atoms with Crippen LogP contribution in [0.15, 0.2) is 24.3 Å². The van der Waals surface area contributed by atoms with Gasteiger partial charge >= 0.3 is 0 Å². The van der Waals surface area contributed by atoms with E-state index in [2.05, 4.69) is 10.6 Å². The van der Waals surface area contributed by atoms with Crippen molar-refractivity contribution in [1.82, 2.24) is 10.6 Å². The summed E-state index contributed by atoms with van der Waals surface area (Å²) in [4.78, 5) is 21.4. The quantitative estimate of drug-likeness (QED) is 0.638. The molecule has 0 aliphatic heterocycles. The fourth-order valence-electron chi connectivity index (χ4n) is 1.14. The average molecular weight is 293 g/mol. The van der Waals surface area contributed by atoms with Crippen LogP contribution in [0.3, 0.4) is 0 Å². The Kier molecular flexibility index (Phi) is 5.88. The van der Waals surface area contributed by atoms with Gasteiger partial charge in [-0.15, -0.1) is 0 Å². The summed E-state index contributed by atoms with van der Waals surface area (Å²) in [5.41, 5.74) is 0.343. The Hall–Kier alpha value is -1.33. The van der Waals surface area contributed by atoms with Gasteiger partial charge in [0.25, 0.3) is 11.8 Å². The Morgan fingerprint density at radius 3 is 2.22 bits per heavy atom. The molecule has 0 heterocycles. The van der Waals surface area contributed by atoms with Gasteiger partial charge in [0, 0.05) is 18.7 Å². The molecule has 98 valence electrons. The van der Waals surface area contributed by atoms with Crippen LogP contribution in [0.25, 0.3) is 0 Å². The van der Waals surface area contributed by atoms with E-state index < -0.39 is 16.6 Å². The van der Waals surface area contributed by atoms with Crippen molar-refractivity contribution >= 4 is 35.0 Å². The van der Waals surface area contributed by atoms with E-state index in [-0.39, 0.29) is 19.0 Å². The van der Waals surface area contributed by atoms with Crippen molar-refractivity contribution in [2.24, 2.45) is 0 Å². The maximum absolute atomic E-state index is 12.6. The van der Waals surface area contributed by atoms with E-state index in [1.54, 1.807) is 0 Å². The van der Waals surface area contributed by atoms with Crippen molar-refractivity contribution in [1.29, 1.82) is 0 Å². The number of alkyl halides is 2. The summed E-state index contributed by atoms with van der Waals surface area (Å²) < 4.78 is 12.6. The van der Waals surface area contributed by atoms with Gasteiger partial charge in [0.2, 0.25) is 0 Å². The van der Waals surface area contributed by atoms with Crippen LogP contribution in [0.5, 0.6) is 0 Å². The van der Waals surface area contributed by atoms with E-state index in [0.29, 0.717) is 5.56 Å². The molecule has 0 radical (unpaired) electrons. The Bertz CT molecular complexity index is 424. The summed E-state index contributed by atoms with van der Waals surface area (Å²) in [5, 5.41) is 4.97. The van der Waals surface area contributed by atoms with Gasteiger partial charge < -0.3 is 10.6 Å². The molecular weight excluding hydrogens is 282 g/mol. The number of hydrogen-bond acceptors (Lipinski definition) is 2. The summed E-state index contributed by atoms with van der Waals surface area (Å²) in [6, 6.07) is 5.14. The fraction of sp³-hybridized carbons (Fsp3) is 0.273. The third-order valence-electron chi connectivity index (χ3n) is 2.01. The van der Waals surface area contributed by atoms with Crippen molar-refractivity contribution in [3.05, 3.63) is 35.6 Å². The molecule has 0 bridgehead atoms. The number of carbonyl (C=O) groups is 2. The van der Waals surface area contributed by atoms with Crippen LogP contribution < -0.4 is 10.6 Å². The lowest BCUT2D eigenvalue weighted by Gasteiger charge is -2.07. The monoisotopic (exact) mass is 292 g/mol. The molecule has 0 aromatic heterocycles. The van der Waals surface area contributed by atoms with Crippen molar-refractivity contribution in [3.63, 3.8) is 0 Å². The number of hydrogen-bond donors (Lipinski definition) is 2. The lowest BCUT2D eigenvalue weighted by molar-refractivity contribution is -0.119. The van der Waals surface area contributed by atoms with E-state index in [9.17, 15) is 14.0 Å². The fourth-order valence-corrected chi connectivity index (χ4v) is 1.30. The Balaban J connectivity index is 2.29. The highest BCUT2D eigenvalue weighted by Gasteiger charge is 2.10. The molecule has 1 aromatic carbocycles. The molecule has 0 atom stereocenters. The van der Waals surface area contributed by atoms with E-state index in [1.807, 2.05) is 0 Å². The Labute approximate surface area is 113 Å². The van der Waals surface area contributed by atoms with Gasteiger partial charge in [-0.1, -0.05) is 23.2 Å². The third kappa shape index (κ3) is 4.89. The first-order valence-electron chi connectivity index (χ1n) is 5.10. The molecule has 2 amide bonds. The molecular formula is C11H11Cl2FN2O2. The van der Waals surface area contributed by atoms with Crippen molar-refractivity contribution < 1.29 is 14.0 Å². The third-order valence-corrected chi connectivity index (χ3v) is 2.41. The standard InChI is InChI=1S/C11H11Cl2FN2O2/c12-9(13)11(18)16-6-5-15-10(17)7-1-3-8(14)4-2-7/h1-4,9H,5-6H2,(H,15,17)(H,16,18). The average Bonchev–Trinajstić information content (AvgIpc) is 2.34. The Morgan fingerprint density at radius 2 is 1.67 bits per heavy atom. The second kappa shape index (κ2) is 7.18. The highest BCUT2D eigenvalue weighted by molar-refractivity contribution is 6.53. The minimum Gasteiger partial charge on any atom is -0.352 e. The molecule has 0 aliphatic rings. The van der Waals surface area contributed by atoms with Crippen molar-refractivity contribution in [2.45, 2.75) is 4.84 Å². The number of halogens is 3. The lowest BCUT2D eigenvalue weighted by atomic mass is 10.2. The molecule has 2 N–H and O–H groups in total. The summed E-state index contributed by atoms with van der Waals surface area (Å²) in [5.74, 6) is -1.28. The van der Waals surface area contributed by atoms with Crippen LogP contribution in [0.2, 0.25) is 0 Å². The number of nitrogens with one attached hydrogen (secondary N) is 2. The molecule has 1 rings (SSSR count). The molecule has 7 heteroatoms. The molecule has 0 saturated carbocycles. The first-order valence-corrected chi connectivity index (χ1v) is 5.97. The summed E-state index contributed by atoms with van der Waals surface area (Å²) in [7, 11) is 0. The van der Waals surface area contributed by atoms with Crippen LogP contribution in [-0.4, -0.2) is 29.7 Å². The number of rotatable bonds is 5. The zero-order chi connectivity index (χ0) is 13.5. The summed E-state index contributed by atoms with van der Waals surface area (Å²) >= 11 is 10.6. The molecule has 1 aromatic rings. The molecule has 0 spiro atoms. The van der Waals surface area contributed by atoms with Gasteiger partial charge in [-0.25, -0.2) is 4.39 Å². The van der Waals surface area contributed by atoms with Crippen LogP contribution >= 0.6 is 23.2 Å². The van der Waals surface area contributed by atoms with Gasteiger partial charge in [0.1, 0.15) is 5.82 Å². The van der Waals surface area contributed by atoms with E-state index in [4.69, 9.17) is 23.2 Å². The van der Waals surface area contributed by atoms with Crippen LogP contribution in [0, 0.1) is 5.82 Å². The minimum absolute atomic E-state index is 0.210. The first-order chi connectivity index (χ1) is 8.50. The van der Waals surface area contributed by atoms with Gasteiger partial charge in [0.05, 0.1) is 0 Å². The van der Waals surface area contributed by atoms with Crippen molar-refractivity contribution in [3.8, 4) is 0 Å². The highest BCUT2D eigenvalue weighted by atomic mass is 35.5. The predicted molar refractivity (Wildman–Crippen MR) is 67.2 cm³/mol. The van der Waals surface area contributed by atoms with Crippen LogP contribution in [0.1, 0.15) is 10.4 Å². The van der Waals surface area contributed by atoms with E-state index in [0.717, 1.165) is 0 Å². The normalized spacial score (nSPS) is 10.2. The second-order valence-electron chi connectivity index (χ2n) is 3.35.